The number of aromatic nitrogens is 2. The van der Waals surface area contributed by atoms with Gasteiger partial charge in [0.2, 0.25) is 11.8 Å². The summed E-state index contributed by atoms with van der Waals surface area (Å²) in [5.41, 5.74) is 6.07. The van der Waals surface area contributed by atoms with Crippen molar-refractivity contribution in [1.82, 2.24) is 24.9 Å². The summed E-state index contributed by atoms with van der Waals surface area (Å²) in [6, 6.07) is 14.8. The number of carbonyl (C=O) groups excluding carboxylic acids is 3. The van der Waals surface area contributed by atoms with E-state index in [-0.39, 0.29) is 40.7 Å². The molecule has 3 amide bonds. The predicted molar refractivity (Wildman–Crippen MR) is 201 cm³/mol. The van der Waals surface area contributed by atoms with Gasteiger partial charge in [0, 0.05) is 70.0 Å². The topological polar surface area (TPSA) is 120 Å². The molecule has 270 valence electrons. The molecule has 2 N–H and O–H groups in total. The molecule has 0 bridgehead atoms. The standard InChI is InChI=1S/C39H48BrN7O4/c1-25-20-30(8-9-31(25)32-10-11-34(48)43-36(32)49)46-16-12-39(13-17-46)14-18-47(19-15-39)37(50)27-6-4-26(5-7-27)28-21-29(24-44(2)23-28)42-33-22-41-45(3)38(51)35(33)40/h4-9,20,22,28-29,32,42H,10-19,21,23-24H2,1-3H3,(H,43,48,49). The summed E-state index contributed by atoms with van der Waals surface area (Å²) in [6.07, 6.45) is 7.83. The Labute approximate surface area is 307 Å². The first kappa shape index (κ1) is 35.4. The van der Waals surface area contributed by atoms with E-state index >= 15 is 0 Å². The maximum atomic E-state index is 13.6. The number of hydrogen-bond donors (Lipinski definition) is 2. The predicted octanol–water partition coefficient (Wildman–Crippen LogP) is 4.79. The highest BCUT2D eigenvalue weighted by Gasteiger charge is 2.39. The summed E-state index contributed by atoms with van der Waals surface area (Å²) in [6.45, 7) is 7.39. The Morgan fingerprint density at radius 2 is 1.67 bits per heavy atom. The van der Waals surface area contributed by atoms with Crippen LogP contribution in [0.25, 0.3) is 0 Å². The number of halogens is 1. The molecule has 12 heteroatoms. The van der Waals surface area contributed by atoms with E-state index in [2.05, 4.69) is 85.8 Å². The largest absolute Gasteiger partial charge is 0.379 e. The smallest absolute Gasteiger partial charge is 0.282 e. The van der Waals surface area contributed by atoms with Gasteiger partial charge in [-0.25, -0.2) is 4.68 Å². The van der Waals surface area contributed by atoms with Gasteiger partial charge in [-0.1, -0.05) is 18.2 Å². The Morgan fingerprint density at radius 3 is 2.35 bits per heavy atom. The molecular formula is C39H48BrN7O4. The molecule has 4 fully saturated rings. The molecule has 3 atom stereocenters. The number of piperidine rings is 4. The second-order valence-electron chi connectivity index (χ2n) is 15.2. The van der Waals surface area contributed by atoms with Crippen LogP contribution in [-0.4, -0.2) is 89.7 Å². The Hall–Kier alpha value is -4.03. The van der Waals surface area contributed by atoms with Gasteiger partial charge < -0.3 is 20.0 Å². The zero-order valence-corrected chi connectivity index (χ0v) is 31.4. The van der Waals surface area contributed by atoms with E-state index in [1.807, 2.05) is 17.0 Å². The van der Waals surface area contributed by atoms with Crippen LogP contribution >= 0.6 is 15.9 Å². The van der Waals surface area contributed by atoms with Gasteiger partial charge in [-0.2, -0.15) is 5.10 Å². The lowest BCUT2D eigenvalue weighted by molar-refractivity contribution is -0.134. The molecule has 11 nitrogen and oxygen atoms in total. The molecule has 3 aromatic rings. The van der Waals surface area contributed by atoms with Crippen molar-refractivity contribution >= 4 is 45.0 Å². The highest BCUT2D eigenvalue weighted by Crippen LogP contribution is 2.43. The van der Waals surface area contributed by atoms with Crippen LogP contribution in [0.1, 0.15) is 83.8 Å². The van der Waals surface area contributed by atoms with Crippen molar-refractivity contribution in [3.05, 3.63) is 85.7 Å². The van der Waals surface area contributed by atoms with Crippen LogP contribution in [0.15, 0.2) is 57.9 Å². The first-order chi connectivity index (χ1) is 24.5. The van der Waals surface area contributed by atoms with E-state index in [1.165, 1.54) is 15.9 Å². The fraction of sp³-hybridized carbons (Fsp3) is 0.513. The minimum absolute atomic E-state index is 0.115. The van der Waals surface area contributed by atoms with Crippen molar-refractivity contribution < 1.29 is 14.4 Å². The van der Waals surface area contributed by atoms with Crippen molar-refractivity contribution in [3.63, 3.8) is 0 Å². The molecule has 0 aliphatic carbocycles. The third-order valence-electron chi connectivity index (χ3n) is 11.9. The lowest BCUT2D eigenvalue weighted by atomic mass is 9.71. The zero-order chi connectivity index (χ0) is 35.9. The van der Waals surface area contributed by atoms with Gasteiger partial charge in [0.05, 0.1) is 17.8 Å². The van der Waals surface area contributed by atoms with Gasteiger partial charge in [0.1, 0.15) is 4.47 Å². The summed E-state index contributed by atoms with van der Waals surface area (Å²) < 4.78 is 1.81. The Balaban J connectivity index is 0.911. The van der Waals surface area contributed by atoms with Gasteiger partial charge in [-0.3, -0.25) is 24.5 Å². The van der Waals surface area contributed by atoms with Gasteiger partial charge in [0.25, 0.3) is 11.5 Å². The summed E-state index contributed by atoms with van der Waals surface area (Å²) >= 11 is 3.43. The number of hydrogen-bond acceptors (Lipinski definition) is 8. The van der Waals surface area contributed by atoms with Gasteiger partial charge in [-0.15, -0.1) is 0 Å². The van der Waals surface area contributed by atoms with Crippen molar-refractivity contribution in [1.29, 1.82) is 0 Å². The van der Waals surface area contributed by atoms with Crippen LogP contribution in [0.4, 0.5) is 11.4 Å². The number of imide groups is 1. The number of likely N-dealkylation sites (N-methyl/N-ethyl adjacent to an activating group) is 1. The van der Waals surface area contributed by atoms with Crippen molar-refractivity contribution in [2.24, 2.45) is 12.5 Å². The van der Waals surface area contributed by atoms with Gasteiger partial charge in [-0.05, 0) is 121 Å². The minimum atomic E-state index is -0.262. The highest BCUT2D eigenvalue weighted by molar-refractivity contribution is 9.10. The summed E-state index contributed by atoms with van der Waals surface area (Å²) in [7, 11) is 3.76. The van der Waals surface area contributed by atoms with E-state index in [0.717, 1.165) is 88.1 Å². The number of carbonyl (C=O) groups is 3. The lowest BCUT2D eigenvalue weighted by Crippen LogP contribution is -2.48. The summed E-state index contributed by atoms with van der Waals surface area (Å²) in [5, 5.41) is 10.2. The van der Waals surface area contributed by atoms with E-state index in [4.69, 9.17) is 0 Å². The van der Waals surface area contributed by atoms with E-state index in [9.17, 15) is 19.2 Å². The molecular weight excluding hydrogens is 710 g/mol. The molecule has 0 saturated carbocycles. The molecule has 51 heavy (non-hydrogen) atoms. The molecule has 4 saturated heterocycles. The number of nitrogens with one attached hydrogen (secondary N) is 2. The van der Waals surface area contributed by atoms with Crippen molar-refractivity contribution in [2.75, 3.05) is 56.5 Å². The number of nitrogens with zero attached hydrogens (tertiary/aromatic N) is 5. The molecule has 4 aliphatic heterocycles. The molecule has 1 aromatic heterocycles. The average Bonchev–Trinajstić information content (AvgIpc) is 3.12. The fourth-order valence-corrected chi connectivity index (χ4v) is 9.21. The van der Waals surface area contributed by atoms with Gasteiger partial charge >= 0.3 is 0 Å². The molecule has 0 radical (unpaired) electrons. The van der Waals surface area contributed by atoms with Crippen LogP contribution in [0.2, 0.25) is 0 Å². The van der Waals surface area contributed by atoms with Crippen molar-refractivity contribution in [3.8, 4) is 0 Å². The number of aryl methyl sites for hydroxylation is 2. The molecule has 2 aromatic carbocycles. The van der Waals surface area contributed by atoms with Crippen LogP contribution < -0.4 is 21.1 Å². The van der Waals surface area contributed by atoms with Crippen LogP contribution in [0, 0.1) is 12.3 Å². The Morgan fingerprint density at radius 1 is 0.961 bits per heavy atom. The summed E-state index contributed by atoms with van der Waals surface area (Å²) in [5.74, 6) is -0.218. The fourth-order valence-electron chi connectivity index (χ4n) is 8.74. The number of likely N-dealkylation sites (tertiary alicyclic amines) is 2. The van der Waals surface area contributed by atoms with Crippen LogP contribution in [0.5, 0.6) is 0 Å². The minimum Gasteiger partial charge on any atom is -0.379 e. The van der Waals surface area contributed by atoms with Gasteiger partial charge in [0.15, 0.2) is 0 Å². The second-order valence-corrected chi connectivity index (χ2v) is 16.0. The van der Waals surface area contributed by atoms with Crippen LogP contribution in [-0.2, 0) is 16.6 Å². The maximum Gasteiger partial charge on any atom is 0.282 e. The molecule has 3 unspecified atom stereocenters. The van der Waals surface area contributed by atoms with E-state index < -0.39 is 0 Å². The van der Waals surface area contributed by atoms with Crippen LogP contribution in [0.3, 0.4) is 0 Å². The quantitative estimate of drug-likeness (QED) is 0.345. The van der Waals surface area contributed by atoms with E-state index in [0.29, 0.717) is 28.9 Å². The first-order valence-electron chi connectivity index (χ1n) is 18.2. The molecule has 1 spiro atoms. The third kappa shape index (κ3) is 7.48. The first-order valence-corrected chi connectivity index (χ1v) is 19.0. The SMILES string of the molecule is Cc1cc(N2CCC3(CCN(C(=O)c4ccc(C5CC(Nc6cnn(C)c(=O)c6Br)CN(C)C5)cc4)CC3)CC2)ccc1C1CCC(=O)NC1=O. The summed E-state index contributed by atoms with van der Waals surface area (Å²) in [4.78, 5) is 56.8. The Bertz CT molecular complexity index is 1860. The number of benzene rings is 2. The monoisotopic (exact) mass is 757 g/mol. The van der Waals surface area contributed by atoms with Crippen molar-refractivity contribution in [2.45, 2.75) is 69.7 Å². The maximum absolute atomic E-state index is 13.6. The lowest BCUT2D eigenvalue weighted by Gasteiger charge is -2.47. The average molecular weight is 759 g/mol. The van der Waals surface area contributed by atoms with E-state index in [1.54, 1.807) is 13.2 Å². The highest BCUT2D eigenvalue weighted by atomic mass is 79.9. The molecule has 5 heterocycles. The third-order valence-corrected chi connectivity index (χ3v) is 12.6. The molecule has 7 rings (SSSR count). The number of amides is 3. The number of anilines is 2. The zero-order valence-electron chi connectivity index (χ0n) is 29.8. The second kappa shape index (κ2) is 14.5. The Kier molecular flexibility index (Phi) is 10.1. The number of rotatable bonds is 6. The molecule has 4 aliphatic rings. The normalized spacial score (nSPS) is 24.0.